The van der Waals surface area contributed by atoms with Crippen molar-refractivity contribution in [3.05, 3.63) is 64.5 Å². The lowest BCUT2D eigenvalue weighted by molar-refractivity contribution is -0.139. The van der Waals surface area contributed by atoms with E-state index < -0.39 is 34.5 Å². The molecule has 0 saturated carbocycles. The molecule has 0 bridgehead atoms. The summed E-state index contributed by atoms with van der Waals surface area (Å²) in [5.41, 5.74) is 1.29. The Hall–Kier alpha value is -3.94. The molecule has 206 valence electrons. The molecule has 39 heavy (non-hydrogen) atoms. The molecule has 2 aromatic carbocycles. The average molecular weight is 575 g/mol. The number of aliphatic carboxylic acids is 1. The van der Waals surface area contributed by atoms with Crippen molar-refractivity contribution < 1.29 is 42.9 Å². The van der Waals surface area contributed by atoms with E-state index in [1.54, 1.807) is 31.2 Å². The van der Waals surface area contributed by atoms with Gasteiger partial charge in [0, 0.05) is 16.5 Å². The summed E-state index contributed by atoms with van der Waals surface area (Å²) in [7, 11) is -4.11. The van der Waals surface area contributed by atoms with Gasteiger partial charge in [-0.1, -0.05) is 12.1 Å². The highest BCUT2D eigenvalue weighted by Crippen LogP contribution is 2.43. The van der Waals surface area contributed by atoms with Gasteiger partial charge in [0.2, 0.25) is 0 Å². The van der Waals surface area contributed by atoms with Crippen molar-refractivity contribution in [2.45, 2.75) is 30.7 Å². The highest BCUT2D eigenvalue weighted by molar-refractivity contribution is 7.92. The van der Waals surface area contributed by atoms with Crippen LogP contribution in [-0.4, -0.2) is 67.4 Å². The van der Waals surface area contributed by atoms with Crippen LogP contribution in [0.1, 0.15) is 38.4 Å². The molecule has 4 N–H and O–H groups in total. The van der Waals surface area contributed by atoms with Gasteiger partial charge in [-0.2, -0.15) is 0 Å². The summed E-state index contributed by atoms with van der Waals surface area (Å²) < 4.78 is 34.5. The van der Waals surface area contributed by atoms with Crippen molar-refractivity contribution in [3.8, 4) is 16.2 Å². The van der Waals surface area contributed by atoms with Crippen molar-refractivity contribution in [1.29, 1.82) is 0 Å². The number of nitrogens with one attached hydrogen (secondary N) is 1. The molecule has 4 rings (SSSR count). The first-order valence-electron chi connectivity index (χ1n) is 11.9. The van der Waals surface area contributed by atoms with Crippen LogP contribution < -0.4 is 14.4 Å². The normalized spacial score (nSPS) is 14.1. The second kappa shape index (κ2) is 11.4. The fraction of sp³-hybridized carbons (Fsp3) is 0.269. The van der Waals surface area contributed by atoms with Crippen LogP contribution in [0.4, 0.5) is 5.69 Å². The van der Waals surface area contributed by atoms with Gasteiger partial charge in [0.15, 0.2) is 11.5 Å². The molecule has 11 nitrogen and oxygen atoms in total. The van der Waals surface area contributed by atoms with E-state index in [-0.39, 0.29) is 27.1 Å². The lowest BCUT2D eigenvalue weighted by atomic mass is 10.0. The minimum atomic E-state index is -4.11. The van der Waals surface area contributed by atoms with Gasteiger partial charge in [0.25, 0.3) is 10.0 Å². The smallest absolute Gasteiger partial charge is 0.349 e. The van der Waals surface area contributed by atoms with E-state index in [0.29, 0.717) is 47.6 Å². The number of piperidine rings is 1. The van der Waals surface area contributed by atoms with Gasteiger partial charge in [0.05, 0.1) is 16.1 Å². The molecule has 2 heterocycles. The van der Waals surface area contributed by atoms with Crippen molar-refractivity contribution >= 4 is 45.0 Å². The quantitative estimate of drug-likeness (QED) is 0.281. The Morgan fingerprint density at radius 3 is 2.28 bits per heavy atom. The first-order valence-corrected chi connectivity index (χ1v) is 14.2. The van der Waals surface area contributed by atoms with Crippen molar-refractivity contribution in [2.75, 3.05) is 24.0 Å². The van der Waals surface area contributed by atoms with E-state index in [1.807, 2.05) is 0 Å². The molecule has 1 fully saturated rings. The third-order valence-corrected chi connectivity index (χ3v) is 9.49. The predicted molar refractivity (Wildman–Crippen MR) is 144 cm³/mol. The largest absolute Gasteiger partial charge is 0.480 e. The highest BCUT2D eigenvalue weighted by atomic mass is 32.2. The number of rotatable bonds is 10. The summed E-state index contributed by atoms with van der Waals surface area (Å²) in [5, 5.41) is 31.1. The van der Waals surface area contributed by atoms with Crippen LogP contribution in [0.2, 0.25) is 0 Å². The Kier molecular flexibility index (Phi) is 8.23. The summed E-state index contributed by atoms with van der Waals surface area (Å²) in [5.74, 6) is -3.73. The second-order valence-corrected chi connectivity index (χ2v) is 11.7. The molecule has 0 atom stereocenters. The molecule has 3 aromatic rings. The maximum atomic E-state index is 13.9. The number of carboxylic acid groups (broad SMARTS) is 3. The van der Waals surface area contributed by atoms with Gasteiger partial charge in [-0.15, -0.1) is 11.3 Å². The second-order valence-electron chi connectivity index (χ2n) is 8.86. The molecule has 0 radical (unpaired) electrons. The number of aromatic carboxylic acids is 2. The van der Waals surface area contributed by atoms with Crippen LogP contribution in [0.5, 0.6) is 5.75 Å². The number of nitrogens with zero attached hydrogens (tertiary/aromatic N) is 1. The minimum Gasteiger partial charge on any atom is -0.480 e. The molecule has 1 aliphatic heterocycles. The van der Waals surface area contributed by atoms with Gasteiger partial charge in [-0.25, -0.2) is 22.8 Å². The highest BCUT2D eigenvalue weighted by Gasteiger charge is 2.33. The van der Waals surface area contributed by atoms with E-state index >= 15 is 0 Å². The number of hydrogen-bond donors (Lipinski definition) is 4. The van der Waals surface area contributed by atoms with Crippen LogP contribution in [-0.2, 0) is 14.8 Å². The van der Waals surface area contributed by atoms with Crippen LogP contribution in [0, 0.1) is 6.92 Å². The van der Waals surface area contributed by atoms with E-state index in [0.717, 1.165) is 11.3 Å². The standard InChI is InChI=1S/C26H26N2O9S2/c1-15-22(37-14-21(29)30)24(26(33)34)38-23(15)17-3-2-4-19(13-17)28(18-9-11-27-12-10-18)39(35,36)20-7-5-16(6-8-20)25(31)32/h2-8,13,18,27H,9-12,14H2,1H3,(H,29,30)(H,31,32)(H,33,34). The summed E-state index contributed by atoms with van der Waals surface area (Å²) in [4.78, 5) is 34.4. The molecule has 1 aromatic heterocycles. The number of carbonyl (C=O) groups is 3. The zero-order chi connectivity index (χ0) is 28.3. The molecular weight excluding hydrogens is 548 g/mol. The third kappa shape index (κ3) is 5.90. The van der Waals surface area contributed by atoms with Crippen LogP contribution in [0.15, 0.2) is 53.4 Å². The van der Waals surface area contributed by atoms with Gasteiger partial charge < -0.3 is 25.4 Å². The minimum absolute atomic E-state index is 0.0345. The molecule has 0 amide bonds. The van der Waals surface area contributed by atoms with Gasteiger partial charge in [-0.3, -0.25) is 4.31 Å². The van der Waals surface area contributed by atoms with Crippen molar-refractivity contribution in [3.63, 3.8) is 0 Å². The van der Waals surface area contributed by atoms with Crippen LogP contribution in [0.25, 0.3) is 10.4 Å². The van der Waals surface area contributed by atoms with Gasteiger partial charge in [-0.05, 0) is 74.8 Å². The Morgan fingerprint density at radius 2 is 1.69 bits per heavy atom. The van der Waals surface area contributed by atoms with Crippen molar-refractivity contribution in [1.82, 2.24) is 5.32 Å². The van der Waals surface area contributed by atoms with E-state index in [1.165, 1.54) is 28.6 Å². The molecule has 0 unspecified atom stereocenters. The molecule has 13 heteroatoms. The number of thiophene rings is 1. The summed E-state index contributed by atoms with van der Waals surface area (Å²) in [6, 6.07) is 11.3. The lowest BCUT2D eigenvalue weighted by Gasteiger charge is -2.35. The van der Waals surface area contributed by atoms with E-state index in [9.17, 15) is 33.0 Å². The number of anilines is 1. The van der Waals surface area contributed by atoms with E-state index in [4.69, 9.17) is 9.84 Å². The average Bonchev–Trinajstić information content (AvgIpc) is 3.24. The first kappa shape index (κ1) is 28.1. The summed E-state index contributed by atoms with van der Waals surface area (Å²) in [6.45, 7) is 2.14. The van der Waals surface area contributed by atoms with Gasteiger partial charge in [0.1, 0.15) is 5.75 Å². The number of carboxylic acids is 3. The number of benzene rings is 2. The zero-order valence-electron chi connectivity index (χ0n) is 20.8. The number of ether oxygens (including phenoxy) is 1. The molecule has 0 spiro atoms. The third-order valence-electron chi connectivity index (χ3n) is 6.29. The predicted octanol–water partition coefficient (Wildman–Crippen LogP) is 3.53. The Morgan fingerprint density at radius 1 is 1.03 bits per heavy atom. The number of sulfonamides is 1. The molecule has 1 aliphatic rings. The lowest BCUT2D eigenvalue weighted by Crippen LogP contribution is -2.46. The Bertz CT molecular complexity index is 1510. The Balaban J connectivity index is 1.80. The Labute approximate surface area is 228 Å². The maximum Gasteiger partial charge on any atom is 0.349 e. The molecule has 0 aliphatic carbocycles. The fourth-order valence-corrected chi connectivity index (χ4v) is 7.26. The molecular formula is C26H26N2O9S2. The maximum absolute atomic E-state index is 13.9. The number of hydrogen-bond acceptors (Lipinski definition) is 8. The SMILES string of the molecule is Cc1c(-c2cccc(N(C3CCNCC3)S(=O)(=O)c3ccc(C(=O)O)cc3)c2)sc(C(=O)O)c1OCC(=O)O. The van der Waals surface area contributed by atoms with E-state index in [2.05, 4.69) is 5.32 Å². The zero-order valence-corrected chi connectivity index (χ0v) is 22.4. The monoisotopic (exact) mass is 574 g/mol. The summed E-state index contributed by atoms with van der Waals surface area (Å²) >= 11 is 0.912. The fourth-order valence-electron chi connectivity index (χ4n) is 4.48. The van der Waals surface area contributed by atoms with Crippen LogP contribution >= 0.6 is 11.3 Å². The molecule has 1 saturated heterocycles. The van der Waals surface area contributed by atoms with Gasteiger partial charge >= 0.3 is 17.9 Å². The van der Waals surface area contributed by atoms with Crippen molar-refractivity contribution in [2.24, 2.45) is 0 Å². The van der Waals surface area contributed by atoms with Crippen LogP contribution in [0.3, 0.4) is 0 Å². The summed E-state index contributed by atoms with van der Waals surface area (Å²) in [6.07, 6.45) is 1.09. The first-order chi connectivity index (χ1) is 18.5. The topological polar surface area (TPSA) is 171 Å².